The highest BCUT2D eigenvalue weighted by molar-refractivity contribution is 9.10. The molecular weight excluding hydrogens is 408 g/mol. The van der Waals surface area contributed by atoms with E-state index in [-0.39, 0.29) is 6.61 Å². The molecule has 0 atom stereocenters. The topological polar surface area (TPSA) is 20.2 Å². The molecule has 0 aliphatic heterocycles. The van der Waals surface area contributed by atoms with Gasteiger partial charge >= 0.3 is 0 Å². The molecule has 1 nitrogen and oxygen atoms in total. The predicted molar refractivity (Wildman–Crippen MR) is 121 cm³/mol. The first kappa shape index (κ1) is 20.2. The predicted octanol–water partition coefficient (Wildman–Crippen LogP) is 6.08. The summed E-state index contributed by atoms with van der Waals surface area (Å²) in [6, 6.07) is 18.8. The van der Waals surface area contributed by atoms with Crippen LogP contribution in [0.5, 0.6) is 0 Å². The van der Waals surface area contributed by atoms with Gasteiger partial charge in [0.1, 0.15) is 0 Å². The number of aryl methyl sites for hydroxylation is 1. The second kappa shape index (κ2) is 10.1. The zero-order chi connectivity index (χ0) is 19.8. The second-order valence-corrected chi connectivity index (χ2v) is 7.58. The molecule has 0 aliphatic carbocycles. The molecule has 0 radical (unpaired) electrons. The highest BCUT2D eigenvalue weighted by atomic mass is 79.9. The largest absolute Gasteiger partial charge is 0.396 e. The molecule has 3 aromatic rings. The monoisotopic (exact) mass is 430 g/mol. The summed E-state index contributed by atoms with van der Waals surface area (Å²) in [5.74, 6) is 13.0. The van der Waals surface area contributed by atoms with Crippen molar-refractivity contribution in [2.75, 3.05) is 6.61 Å². The minimum absolute atomic E-state index is 0.241. The van der Waals surface area contributed by atoms with Gasteiger partial charge in [-0.15, -0.1) is 0 Å². The minimum atomic E-state index is 0.241. The van der Waals surface area contributed by atoms with Gasteiger partial charge in [-0.3, -0.25) is 0 Å². The molecule has 0 unspecified atom stereocenters. The van der Waals surface area contributed by atoms with Crippen molar-refractivity contribution in [3.8, 4) is 23.7 Å². The van der Waals surface area contributed by atoms with Crippen LogP contribution in [0.15, 0.2) is 59.1 Å². The molecule has 0 aromatic heterocycles. The van der Waals surface area contributed by atoms with Crippen LogP contribution in [0.25, 0.3) is 10.8 Å². The molecule has 0 saturated heterocycles. The Hall–Kier alpha value is -2.52. The molecule has 140 valence electrons. The fourth-order valence-electron chi connectivity index (χ4n) is 3.01. The summed E-state index contributed by atoms with van der Waals surface area (Å²) >= 11 is 3.52. The molecule has 28 heavy (non-hydrogen) atoms. The van der Waals surface area contributed by atoms with Gasteiger partial charge in [0.25, 0.3) is 0 Å². The van der Waals surface area contributed by atoms with Crippen molar-refractivity contribution in [2.24, 2.45) is 0 Å². The lowest BCUT2D eigenvalue weighted by Crippen LogP contribution is -1.87. The highest BCUT2D eigenvalue weighted by Gasteiger charge is 2.00. The van der Waals surface area contributed by atoms with Crippen LogP contribution < -0.4 is 0 Å². The molecule has 0 bridgehead atoms. The van der Waals surface area contributed by atoms with E-state index in [4.69, 9.17) is 5.11 Å². The SMILES string of the molecule is CCc1cc(Br)ccc1C#Cc1ccc2cc(C#CCCCCO)ccc2c1. The van der Waals surface area contributed by atoms with Crippen molar-refractivity contribution in [1.82, 2.24) is 0 Å². The average molecular weight is 431 g/mol. The van der Waals surface area contributed by atoms with Crippen LogP contribution >= 0.6 is 15.9 Å². The molecule has 1 N–H and O–H groups in total. The molecular formula is C26H23BrO. The zero-order valence-electron chi connectivity index (χ0n) is 16.1. The first-order chi connectivity index (χ1) is 13.7. The number of aliphatic hydroxyl groups is 1. The maximum atomic E-state index is 8.80. The van der Waals surface area contributed by atoms with Crippen LogP contribution in [0.2, 0.25) is 0 Å². The summed E-state index contributed by atoms with van der Waals surface area (Å²) in [6.45, 7) is 2.39. The van der Waals surface area contributed by atoms with Crippen molar-refractivity contribution in [3.63, 3.8) is 0 Å². The maximum Gasteiger partial charge on any atom is 0.0431 e. The molecule has 2 heteroatoms. The fraction of sp³-hybridized carbons (Fsp3) is 0.231. The van der Waals surface area contributed by atoms with E-state index in [1.54, 1.807) is 0 Å². The molecule has 0 amide bonds. The molecule has 0 aliphatic rings. The summed E-state index contributed by atoms with van der Waals surface area (Å²) < 4.78 is 1.09. The number of hydrogen-bond acceptors (Lipinski definition) is 1. The third-order valence-electron chi connectivity index (χ3n) is 4.57. The number of benzene rings is 3. The lowest BCUT2D eigenvalue weighted by molar-refractivity contribution is 0.285. The van der Waals surface area contributed by atoms with Gasteiger partial charge in [0, 0.05) is 34.2 Å². The lowest BCUT2D eigenvalue weighted by Gasteiger charge is -2.02. The summed E-state index contributed by atoms with van der Waals surface area (Å²) in [6.07, 6.45) is 3.54. The van der Waals surface area contributed by atoms with Crippen LogP contribution in [0.4, 0.5) is 0 Å². The maximum absolute atomic E-state index is 8.80. The van der Waals surface area contributed by atoms with Crippen LogP contribution in [0, 0.1) is 23.7 Å². The Morgan fingerprint density at radius 3 is 2.21 bits per heavy atom. The van der Waals surface area contributed by atoms with E-state index in [0.717, 1.165) is 46.8 Å². The minimum Gasteiger partial charge on any atom is -0.396 e. The third kappa shape index (κ3) is 5.49. The molecule has 0 spiro atoms. The second-order valence-electron chi connectivity index (χ2n) is 6.66. The summed E-state index contributed by atoms with van der Waals surface area (Å²) in [7, 11) is 0. The molecule has 3 rings (SSSR count). The normalized spacial score (nSPS) is 10.1. The van der Waals surface area contributed by atoms with E-state index < -0.39 is 0 Å². The van der Waals surface area contributed by atoms with E-state index in [1.807, 2.05) is 6.07 Å². The van der Waals surface area contributed by atoms with Gasteiger partial charge in [-0.2, -0.15) is 0 Å². The summed E-state index contributed by atoms with van der Waals surface area (Å²) in [5, 5.41) is 11.1. The fourth-order valence-corrected chi connectivity index (χ4v) is 3.42. The van der Waals surface area contributed by atoms with Crippen molar-refractivity contribution in [3.05, 3.63) is 81.3 Å². The Labute approximate surface area is 175 Å². The van der Waals surface area contributed by atoms with E-state index in [2.05, 4.69) is 95.1 Å². The third-order valence-corrected chi connectivity index (χ3v) is 5.07. The van der Waals surface area contributed by atoms with Gasteiger partial charge in [-0.25, -0.2) is 0 Å². The number of aliphatic hydroxyl groups excluding tert-OH is 1. The number of halogens is 1. The van der Waals surface area contributed by atoms with Crippen molar-refractivity contribution in [2.45, 2.75) is 32.6 Å². The van der Waals surface area contributed by atoms with Gasteiger partial charge in [0.05, 0.1) is 0 Å². The number of rotatable bonds is 4. The first-order valence-corrected chi connectivity index (χ1v) is 10.4. The highest BCUT2D eigenvalue weighted by Crippen LogP contribution is 2.19. The van der Waals surface area contributed by atoms with Gasteiger partial charge < -0.3 is 5.11 Å². The Morgan fingerprint density at radius 2 is 1.54 bits per heavy atom. The van der Waals surface area contributed by atoms with Crippen LogP contribution in [-0.4, -0.2) is 11.7 Å². The van der Waals surface area contributed by atoms with Crippen LogP contribution in [0.3, 0.4) is 0 Å². The Kier molecular flexibility index (Phi) is 7.32. The molecule has 0 fully saturated rings. The Morgan fingerprint density at radius 1 is 0.821 bits per heavy atom. The summed E-state index contributed by atoms with van der Waals surface area (Å²) in [5.41, 5.74) is 4.38. The van der Waals surface area contributed by atoms with Crippen LogP contribution in [-0.2, 0) is 6.42 Å². The first-order valence-electron chi connectivity index (χ1n) is 9.63. The zero-order valence-corrected chi connectivity index (χ0v) is 17.6. The smallest absolute Gasteiger partial charge is 0.0431 e. The van der Waals surface area contributed by atoms with Crippen molar-refractivity contribution in [1.29, 1.82) is 0 Å². The van der Waals surface area contributed by atoms with Gasteiger partial charge in [-0.1, -0.05) is 58.7 Å². The van der Waals surface area contributed by atoms with Crippen LogP contribution in [0.1, 0.15) is 48.4 Å². The van der Waals surface area contributed by atoms with Crippen molar-refractivity contribution >= 4 is 26.7 Å². The van der Waals surface area contributed by atoms with Crippen molar-refractivity contribution < 1.29 is 5.11 Å². The Bertz CT molecular complexity index is 1090. The standard InChI is InChI=1S/C26H23BrO/c1-2-22-19-26(27)15-14-23(22)11-8-21-10-13-24-17-20(9-12-25(24)18-21)7-5-3-4-6-16-28/h9-10,12-15,17-19,28H,2-4,6,16H2,1H3. The molecule has 0 saturated carbocycles. The van der Waals surface area contributed by atoms with Gasteiger partial charge in [0.2, 0.25) is 0 Å². The lowest BCUT2D eigenvalue weighted by atomic mass is 10.0. The summed E-state index contributed by atoms with van der Waals surface area (Å²) in [4.78, 5) is 0. The molecule has 3 aromatic carbocycles. The van der Waals surface area contributed by atoms with Gasteiger partial charge in [0.15, 0.2) is 0 Å². The number of hydrogen-bond donors (Lipinski definition) is 1. The van der Waals surface area contributed by atoms with E-state index in [9.17, 15) is 0 Å². The number of unbranched alkanes of at least 4 members (excludes halogenated alkanes) is 2. The van der Waals surface area contributed by atoms with Gasteiger partial charge in [-0.05, 0) is 78.1 Å². The van der Waals surface area contributed by atoms with E-state index in [0.29, 0.717) is 0 Å². The quantitative estimate of drug-likeness (QED) is 0.392. The van der Waals surface area contributed by atoms with E-state index >= 15 is 0 Å². The van der Waals surface area contributed by atoms with E-state index in [1.165, 1.54) is 16.3 Å². The Balaban J connectivity index is 1.80. The average Bonchev–Trinajstić information content (AvgIpc) is 2.72. The molecule has 0 heterocycles. The number of fused-ring (bicyclic) bond motifs is 1.